The summed E-state index contributed by atoms with van der Waals surface area (Å²) in [5.74, 6) is 3.06. The molecule has 0 saturated carbocycles. The van der Waals surface area contributed by atoms with Crippen LogP contribution in [0, 0.1) is 38.5 Å². The van der Waals surface area contributed by atoms with Crippen LogP contribution in [0.15, 0.2) is 139 Å². The van der Waals surface area contributed by atoms with E-state index in [0.717, 1.165) is 56.6 Å². The second-order valence-electron chi connectivity index (χ2n) is 23.1. The molecule has 0 radical (unpaired) electrons. The minimum Gasteiger partial charge on any atom is -0.318 e. The van der Waals surface area contributed by atoms with Crippen LogP contribution in [0.25, 0.3) is 38.9 Å². The number of anilines is 4. The number of aromatic nitrogens is 3. The minimum absolute atomic E-state index is 0.0380. The van der Waals surface area contributed by atoms with Gasteiger partial charge in [-0.15, -0.1) is 0 Å². The fourth-order valence-electron chi connectivity index (χ4n) is 12.8. The van der Waals surface area contributed by atoms with Crippen LogP contribution in [0.3, 0.4) is 0 Å². The van der Waals surface area contributed by atoms with Gasteiger partial charge in [0.2, 0.25) is 0 Å². The van der Waals surface area contributed by atoms with Crippen molar-refractivity contribution in [3.8, 4) is 17.1 Å². The Morgan fingerprint density at radius 2 is 1.25 bits per heavy atom. The molecular weight excluding hydrogens is 841 g/mol. The molecule has 3 aromatic heterocycles. The number of rotatable bonds is 8. The van der Waals surface area contributed by atoms with E-state index >= 15 is 0 Å². The van der Waals surface area contributed by atoms with E-state index in [1.165, 1.54) is 49.8 Å². The molecule has 0 N–H and O–H groups in total. The molecule has 352 valence electrons. The van der Waals surface area contributed by atoms with E-state index in [-0.39, 0.29) is 16.4 Å². The average Bonchev–Trinajstić information content (AvgIpc) is 3.72. The maximum absolute atomic E-state index is 6.11. The standard InChI is InChI=1S/C63H70N6/c1-38(2)57(39(3)4)63(15)62(13,14)69(58-41(6)30-40(5)31-42(58)7)59(66-63)44-32-43(51-24-20-21-28-64-51)33-46(34-44)67-53-26-19-17-23-49(53)61(11,12)50-36-48-47-22-16-18-25-52(47)68(54(48)37-55(50)67)56-35-45(27-29-65-56)60(8,9)10/h16-39,57H,1-15H3/t63-/m1/s1. The second-order valence-corrected chi connectivity index (χ2v) is 23.1. The van der Waals surface area contributed by atoms with Gasteiger partial charge in [-0.2, -0.15) is 0 Å². The summed E-state index contributed by atoms with van der Waals surface area (Å²) in [5, 5.41) is 2.43. The van der Waals surface area contributed by atoms with Crippen molar-refractivity contribution < 1.29 is 0 Å². The van der Waals surface area contributed by atoms with Gasteiger partial charge >= 0.3 is 0 Å². The van der Waals surface area contributed by atoms with Gasteiger partial charge in [0.05, 0.1) is 39.2 Å². The van der Waals surface area contributed by atoms with Crippen molar-refractivity contribution in [3.05, 3.63) is 173 Å². The molecule has 0 aliphatic carbocycles. The first-order chi connectivity index (χ1) is 32.6. The van der Waals surface area contributed by atoms with Crippen molar-refractivity contribution in [2.45, 2.75) is 126 Å². The highest BCUT2D eigenvalue weighted by Crippen LogP contribution is 2.56. The second kappa shape index (κ2) is 16.3. The van der Waals surface area contributed by atoms with Gasteiger partial charge in [-0.3, -0.25) is 14.5 Å². The molecule has 0 amide bonds. The lowest BCUT2D eigenvalue weighted by Crippen LogP contribution is -2.60. The molecule has 5 heterocycles. The summed E-state index contributed by atoms with van der Waals surface area (Å²) in [6.45, 7) is 35.1. The van der Waals surface area contributed by atoms with Gasteiger partial charge in [0.15, 0.2) is 0 Å². The van der Waals surface area contributed by atoms with Gasteiger partial charge in [-0.05, 0) is 159 Å². The molecule has 0 saturated heterocycles. The first-order valence-corrected chi connectivity index (χ1v) is 25.1. The topological polar surface area (TPSA) is 49.6 Å². The van der Waals surface area contributed by atoms with Crippen molar-refractivity contribution in [1.82, 2.24) is 14.5 Å². The van der Waals surface area contributed by atoms with Gasteiger partial charge in [-0.1, -0.05) is 122 Å². The molecule has 69 heavy (non-hydrogen) atoms. The lowest BCUT2D eigenvalue weighted by atomic mass is 9.64. The molecule has 8 aromatic rings. The first kappa shape index (κ1) is 46.2. The molecule has 0 bridgehead atoms. The number of para-hydroxylation sites is 2. The first-order valence-electron chi connectivity index (χ1n) is 25.1. The largest absolute Gasteiger partial charge is 0.318 e. The third-order valence-electron chi connectivity index (χ3n) is 16.1. The number of hydrogen-bond donors (Lipinski definition) is 0. The van der Waals surface area contributed by atoms with Crippen LogP contribution in [-0.2, 0) is 10.8 Å². The van der Waals surface area contributed by atoms with Crippen LogP contribution in [0.2, 0.25) is 0 Å². The minimum atomic E-state index is -0.429. The Kier molecular flexibility index (Phi) is 10.9. The number of hydrogen-bond acceptors (Lipinski definition) is 5. The SMILES string of the molecule is Cc1cc(C)c(N2C(c3cc(-c4ccccn4)cc(N4c5ccccc5C(C)(C)c5cc6c7ccccc7n(-c7cc(C(C)(C)C)ccn7)c6cc54)c3)=N[C@](C)(C(C(C)C)C(C)C)C2(C)C)c(C)c1. The number of nitrogens with zero attached hydrogens (tertiary/aromatic N) is 6. The fourth-order valence-corrected chi connectivity index (χ4v) is 12.8. The van der Waals surface area contributed by atoms with Crippen LogP contribution in [0.4, 0.5) is 22.7 Å². The Bertz CT molecular complexity index is 3310. The zero-order chi connectivity index (χ0) is 49.1. The molecule has 0 spiro atoms. The number of benzene rings is 5. The van der Waals surface area contributed by atoms with Crippen molar-refractivity contribution >= 4 is 50.4 Å². The van der Waals surface area contributed by atoms with Gasteiger partial charge in [0.1, 0.15) is 11.7 Å². The van der Waals surface area contributed by atoms with E-state index in [2.05, 4.69) is 233 Å². The summed E-state index contributed by atoms with van der Waals surface area (Å²) in [4.78, 5) is 21.3. The zero-order valence-corrected chi connectivity index (χ0v) is 43.6. The van der Waals surface area contributed by atoms with E-state index in [1.807, 2.05) is 18.5 Å². The predicted octanol–water partition coefficient (Wildman–Crippen LogP) is 16.3. The number of pyridine rings is 2. The Morgan fingerprint density at radius 1 is 0.580 bits per heavy atom. The summed E-state index contributed by atoms with van der Waals surface area (Å²) >= 11 is 0. The molecule has 2 aliphatic rings. The van der Waals surface area contributed by atoms with Gasteiger partial charge in [-0.25, -0.2) is 4.98 Å². The van der Waals surface area contributed by atoms with Crippen LogP contribution < -0.4 is 9.80 Å². The molecular formula is C63H70N6. The summed E-state index contributed by atoms with van der Waals surface area (Å²) in [5.41, 5.74) is 16.3. The third-order valence-corrected chi connectivity index (χ3v) is 16.1. The van der Waals surface area contributed by atoms with Gasteiger partial charge in [0.25, 0.3) is 0 Å². The van der Waals surface area contributed by atoms with Crippen molar-refractivity contribution in [3.63, 3.8) is 0 Å². The highest BCUT2D eigenvalue weighted by atomic mass is 15.3. The lowest BCUT2D eigenvalue weighted by Gasteiger charge is -2.50. The smallest absolute Gasteiger partial charge is 0.137 e. The van der Waals surface area contributed by atoms with Crippen LogP contribution in [0.5, 0.6) is 0 Å². The Hall–Kier alpha value is -6.53. The predicted molar refractivity (Wildman–Crippen MR) is 293 cm³/mol. The maximum Gasteiger partial charge on any atom is 0.137 e. The highest BCUT2D eigenvalue weighted by Gasteiger charge is 2.58. The van der Waals surface area contributed by atoms with Crippen molar-refractivity contribution in [1.29, 1.82) is 0 Å². The molecule has 1 atom stereocenters. The van der Waals surface area contributed by atoms with Crippen LogP contribution in [-0.4, -0.2) is 31.4 Å². The van der Waals surface area contributed by atoms with Crippen LogP contribution in [0.1, 0.15) is 122 Å². The Morgan fingerprint density at radius 3 is 1.93 bits per heavy atom. The summed E-state index contributed by atoms with van der Waals surface area (Å²) < 4.78 is 2.38. The fraction of sp³-hybridized carbons (Fsp3) is 0.349. The van der Waals surface area contributed by atoms with Crippen molar-refractivity contribution in [2.75, 3.05) is 9.80 Å². The Balaban J connectivity index is 1.30. The molecule has 0 unspecified atom stereocenters. The van der Waals surface area contributed by atoms with Crippen LogP contribution >= 0.6 is 0 Å². The molecule has 6 nitrogen and oxygen atoms in total. The number of amidine groups is 1. The monoisotopic (exact) mass is 911 g/mol. The maximum atomic E-state index is 6.11. The van der Waals surface area contributed by atoms with Gasteiger partial charge < -0.3 is 9.80 Å². The summed E-state index contributed by atoms with van der Waals surface area (Å²) in [6.07, 6.45) is 3.87. The normalized spacial score (nSPS) is 17.6. The molecule has 6 heteroatoms. The molecule has 2 aliphatic heterocycles. The third kappa shape index (κ3) is 7.22. The summed E-state index contributed by atoms with van der Waals surface area (Å²) in [7, 11) is 0. The number of aliphatic imine (C=N–C) groups is 1. The average molecular weight is 911 g/mol. The van der Waals surface area contributed by atoms with E-state index in [9.17, 15) is 0 Å². The van der Waals surface area contributed by atoms with E-state index in [0.29, 0.717) is 17.8 Å². The number of aryl methyl sites for hydroxylation is 3. The Labute approximate surface area is 411 Å². The van der Waals surface area contributed by atoms with Crippen molar-refractivity contribution in [2.24, 2.45) is 22.7 Å². The lowest BCUT2D eigenvalue weighted by molar-refractivity contribution is 0.116. The molecule has 10 rings (SSSR count). The van der Waals surface area contributed by atoms with E-state index < -0.39 is 5.54 Å². The zero-order valence-electron chi connectivity index (χ0n) is 43.6. The highest BCUT2D eigenvalue weighted by molar-refractivity contribution is 6.15. The van der Waals surface area contributed by atoms with E-state index in [1.54, 1.807) is 0 Å². The summed E-state index contributed by atoms with van der Waals surface area (Å²) in [6, 6.07) is 45.1. The number of fused-ring (bicyclic) bond motifs is 5. The molecule has 5 aromatic carbocycles. The quantitative estimate of drug-likeness (QED) is 0.152. The van der Waals surface area contributed by atoms with E-state index in [4.69, 9.17) is 15.0 Å². The molecule has 0 fully saturated rings. The van der Waals surface area contributed by atoms with Gasteiger partial charge in [0, 0.05) is 51.1 Å².